The molecule has 3 heteroatoms. The number of nitrogens with zero attached hydrogens (tertiary/aromatic N) is 2. The fourth-order valence-corrected chi connectivity index (χ4v) is 5.90. The molecule has 0 saturated carbocycles. The smallest absolute Gasteiger partial charge is 0.160 e. The van der Waals surface area contributed by atoms with Crippen LogP contribution in [0, 0.1) is 6.92 Å². The van der Waals surface area contributed by atoms with Crippen LogP contribution in [0.4, 0.5) is 0 Å². The minimum absolute atomic E-state index is 0.728. The second-order valence-corrected chi connectivity index (χ2v) is 10.9. The average molecular weight is 563 g/mol. The number of aromatic nitrogens is 2. The van der Waals surface area contributed by atoms with Crippen LogP contribution in [0.15, 0.2) is 140 Å². The maximum Gasteiger partial charge on any atom is 0.160 e. The Bertz CT molecular complexity index is 1820. The summed E-state index contributed by atoms with van der Waals surface area (Å²) in [5.41, 5.74) is 11.2. The summed E-state index contributed by atoms with van der Waals surface area (Å²) >= 11 is 1.81. The zero-order chi connectivity index (χ0) is 29.5. The Morgan fingerprint density at radius 2 is 1.29 bits per heavy atom. The van der Waals surface area contributed by atoms with E-state index < -0.39 is 0 Å². The van der Waals surface area contributed by atoms with E-state index in [0.717, 1.165) is 33.9 Å². The van der Waals surface area contributed by atoms with Crippen LogP contribution in [0.3, 0.4) is 0 Å². The largest absolute Gasteiger partial charge is 0.228 e. The van der Waals surface area contributed by atoms with Gasteiger partial charge in [0, 0.05) is 21.4 Å². The highest BCUT2D eigenvalue weighted by Crippen LogP contribution is 2.38. The summed E-state index contributed by atoms with van der Waals surface area (Å²) in [6.07, 6.45) is 5.44. The summed E-state index contributed by atoms with van der Waals surface area (Å²) in [5.74, 6) is 0.728. The molecule has 2 heterocycles. The van der Waals surface area contributed by atoms with Crippen LogP contribution in [0.25, 0.3) is 60.7 Å². The van der Waals surface area contributed by atoms with Crippen LogP contribution in [0.1, 0.15) is 25.0 Å². The molecule has 0 spiro atoms. The van der Waals surface area contributed by atoms with Crippen molar-refractivity contribution in [3.05, 3.63) is 151 Å². The number of fused-ring (bicyclic) bond motifs is 1. The average Bonchev–Trinajstić information content (AvgIpc) is 3.45. The first-order valence-corrected chi connectivity index (χ1v) is 14.9. The predicted molar refractivity (Wildman–Crippen MR) is 184 cm³/mol. The number of hydrogen-bond acceptors (Lipinski definition) is 3. The summed E-state index contributed by atoms with van der Waals surface area (Å²) in [6, 6.07) is 36.1. The van der Waals surface area contributed by atoms with Crippen molar-refractivity contribution in [3.63, 3.8) is 0 Å². The Labute approximate surface area is 253 Å². The van der Waals surface area contributed by atoms with Gasteiger partial charge < -0.3 is 0 Å². The number of aryl methyl sites for hydroxylation is 1. The number of hydrogen-bond donors (Lipinski definition) is 0. The molecular weight excluding hydrogens is 529 g/mol. The Kier molecular flexibility index (Phi) is 9.01. The Balaban J connectivity index is 0.000000830. The molecule has 206 valence electrons. The van der Waals surface area contributed by atoms with E-state index in [1.165, 1.54) is 37.9 Å². The molecular formula is C39H34N2S. The lowest BCUT2D eigenvalue weighted by molar-refractivity contribution is 1.18. The molecule has 0 fully saturated rings. The van der Waals surface area contributed by atoms with Crippen molar-refractivity contribution in [1.82, 2.24) is 9.97 Å². The van der Waals surface area contributed by atoms with E-state index in [-0.39, 0.29) is 0 Å². The molecule has 0 N–H and O–H groups in total. The topological polar surface area (TPSA) is 25.8 Å². The number of thiophene rings is 1. The highest BCUT2D eigenvalue weighted by atomic mass is 32.1. The third-order valence-corrected chi connectivity index (χ3v) is 8.36. The van der Waals surface area contributed by atoms with Gasteiger partial charge in [-0.1, -0.05) is 110 Å². The molecule has 0 unspecified atom stereocenters. The van der Waals surface area contributed by atoms with Crippen LogP contribution in [-0.4, -0.2) is 9.97 Å². The molecule has 42 heavy (non-hydrogen) atoms. The van der Waals surface area contributed by atoms with Crippen LogP contribution in [0.2, 0.25) is 0 Å². The molecule has 0 aliphatic carbocycles. The van der Waals surface area contributed by atoms with Crippen molar-refractivity contribution in [2.45, 2.75) is 20.8 Å². The second kappa shape index (κ2) is 13.2. The fraction of sp³-hybridized carbons (Fsp3) is 0.0769. The summed E-state index contributed by atoms with van der Waals surface area (Å²) in [4.78, 5) is 10.2. The molecule has 2 nitrogen and oxygen atoms in total. The molecule has 0 bridgehead atoms. The fourth-order valence-electron chi connectivity index (χ4n) is 4.81. The van der Waals surface area contributed by atoms with Gasteiger partial charge in [-0.2, -0.15) is 0 Å². The van der Waals surface area contributed by atoms with Crippen LogP contribution in [-0.2, 0) is 0 Å². The van der Waals surface area contributed by atoms with Gasteiger partial charge in [-0.05, 0) is 83.6 Å². The third-order valence-electron chi connectivity index (χ3n) is 7.22. The van der Waals surface area contributed by atoms with Crippen LogP contribution >= 0.6 is 11.3 Å². The molecule has 6 aromatic rings. The van der Waals surface area contributed by atoms with E-state index in [0.29, 0.717) is 0 Å². The van der Waals surface area contributed by atoms with Crippen LogP contribution in [0.5, 0.6) is 0 Å². The molecule has 0 atom stereocenters. The first kappa shape index (κ1) is 28.7. The van der Waals surface area contributed by atoms with E-state index in [1.807, 2.05) is 23.5 Å². The highest BCUT2D eigenvalue weighted by Gasteiger charge is 2.15. The predicted octanol–water partition coefficient (Wildman–Crippen LogP) is 11.4. The van der Waals surface area contributed by atoms with Crippen LogP contribution < -0.4 is 0 Å². The minimum Gasteiger partial charge on any atom is -0.228 e. The van der Waals surface area contributed by atoms with Gasteiger partial charge in [0.25, 0.3) is 0 Å². The number of rotatable bonds is 6. The Hall–Kier alpha value is -4.86. The van der Waals surface area contributed by atoms with Gasteiger partial charge >= 0.3 is 0 Å². The highest BCUT2D eigenvalue weighted by molar-refractivity contribution is 7.18. The molecule has 0 aliphatic rings. The van der Waals surface area contributed by atoms with Gasteiger partial charge in [0.15, 0.2) is 5.82 Å². The summed E-state index contributed by atoms with van der Waals surface area (Å²) in [7, 11) is 0. The normalized spacial score (nSPS) is 11.1. The zero-order valence-corrected chi connectivity index (χ0v) is 25.2. The monoisotopic (exact) mass is 562 g/mol. The van der Waals surface area contributed by atoms with Crippen molar-refractivity contribution in [2.24, 2.45) is 0 Å². The maximum atomic E-state index is 5.10. The third kappa shape index (κ3) is 6.22. The molecule has 0 radical (unpaired) electrons. The summed E-state index contributed by atoms with van der Waals surface area (Å²) in [6.45, 7) is 13.2. The van der Waals surface area contributed by atoms with Gasteiger partial charge in [-0.3, -0.25) is 0 Å². The maximum absolute atomic E-state index is 5.10. The van der Waals surface area contributed by atoms with E-state index in [4.69, 9.17) is 9.97 Å². The molecule has 0 saturated heterocycles. The van der Waals surface area contributed by atoms with E-state index in [2.05, 4.69) is 136 Å². The molecule has 2 aromatic heterocycles. The lowest BCUT2D eigenvalue weighted by atomic mass is 9.95. The van der Waals surface area contributed by atoms with E-state index >= 15 is 0 Å². The van der Waals surface area contributed by atoms with Crippen molar-refractivity contribution >= 4 is 27.0 Å². The Morgan fingerprint density at radius 3 is 1.86 bits per heavy atom. The molecule has 4 aromatic carbocycles. The number of benzene rings is 4. The van der Waals surface area contributed by atoms with E-state index in [1.54, 1.807) is 12.2 Å². The zero-order valence-electron chi connectivity index (χ0n) is 24.3. The lowest BCUT2D eigenvalue weighted by Crippen LogP contribution is -1.97. The molecule has 0 amide bonds. The summed E-state index contributed by atoms with van der Waals surface area (Å²) in [5, 5.41) is 3.56. The van der Waals surface area contributed by atoms with E-state index in [9.17, 15) is 0 Å². The summed E-state index contributed by atoms with van der Waals surface area (Å²) < 4.78 is 1.31. The van der Waals surface area contributed by atoms with Gasteiger partial charge in [0.2, 0.25) is 0 Å². The minimum atomic E-state index is 0.728. The van der Waals surface area contributed by atoms with Crippen molar-refractivity contribution < 1.29 is 0 Å². The van der Waals surface area contributed by atoms with Crippen molar-refractivity contribution in [3.8, 4) is 45.0 Å². The van der Waals surface area contributed by atoms with Crippen molar-refractivity contribution in [1.29, 1.82) is 0 Å². The first-order valence-electron chi connectivity index (χ1n) is 14.0. The SMILES string of the molecule is C/C=C(\C)c1cc(-c2nc(-c3ccccc3)cc(-c3ccccc3)n2)cc(-c2cccc3c(C)csc23)c1.C=CC=C. The molecule has 6 rings (SSSR count). The number of allylic oxidation sites excluding steroid dienone is 4. The Morgan fingerprint density at radius 1 is 0.690 bits per heavy atom. The lowest BCUT2D eigenvalue weighted by Gasteiger charge is -2.13. The molecule has 0 aliphatic heterocycles. The van der Waals surface area contributed by atoms with Gasteiger partial charge in [0.05, 0.1) is 11.4 Å². The first-order chi connectivity index (χ1) is 20.5. The van der Waals surface area contributed by atoms with Gasteiger partial charge in [-0.25, -0.2) is 9.97 Å². The van der Waals surface area contributed by atoms with Crippen molar-refractivity contribution in [2.75, 3.05) is 0 Å². The van der Waals surface area contributed by atoms with Gasteiger partial charge in [0.1, 0.15) is 0 Å². The second-order valence-electron chi connectivity index (χ2n) is 10.0. The standard InChI is InChI=1S/C35H28N2S.C4H6/c1-4-23(2)27-18-28(31-17-11-16-30-24(3)22-38-34(30)31)20-29(19-27)35-36-32(25-12-7-5-8-13-25)21-33(37-35)26-14-9-6-10-15-26;1-3-4-2/h4-22H,1-3H3;3-4H,1-2H2/b23-4+;. The quantitative estimate of drug-likeness (QED) is 0.189. The van der Waals surface area contributed by atoms with Gasteiger partial charge in [-0.15, -0.1) is 11.3 Å².